The standard InChI is InChI=1S/C13H21NO3/c1-9-10-3-6-14-11(15)12(10,2)4-5-13(9)16-7-8-17-13/h9-10H,3-8H2,1-2H3,(H,14,15). The van der Waals surface area contributed by atoms with Crippen LogP contribution in [0.2, 0.25) is 0 Å². The van der Waals surface area contributed by atoms with Crippen molar-refractivity contribution in [1.82, 2.24) is 5.32 Å². The summed E-state index contributed by atoms with van der Waals surface area (Å²) in [6, 6.07) is 0. The van der Waals surface area contributed by atoms with E-state index in [-0.39, 0.29) is 11.3 Å². The number of rotatable bonds is 0. The number of carbonyl (C=O) groups is 1. The van der Waals surface area contributed by atoms with Gasteiger partial charge < -0.3 is 14.8 Å². The topological polar surface area (TPSA) is 47.6 Å². The van der Waals surface area contributed by atoms with E-state index in [9.17, 15) is 4.79 Å². The molecule has 1 amide bonds. The summed E-state index contributed by atoms with van der Waals surface area (Å²) in [5.41, 5.74) is -0.224. The van der Waals surface area contributed by atoms with Crippen molar-refractivity contribution in [1.29, 1.82) is 0 Å². The van der Waals surface area contributed by atoms with Gasteiger partial charge in [-0.25, -0.2) is 0 Å². The molecule has 1 saturated carbocycles. The first kappa shape index (κ1) is 11.5. The molecule has 0 aromatic heterocycles. The lowest BCUT2D eigenvalue weighted by atomic mass is 9.58. The highest BCUT2D eigenvalue weighted by Crippen LogP contribution is 2.54. The molecule has 3 unspecified atom stereocenters. The molecule has 0 aromatic rings. The van der Waals surface area contributed by atoms with Crippen molar-refractivity contribution < 1.29 is 14.3 Å². The highest BCUT2D eigenvalue weighted by molar-refractivity contribution is 5.83. The van der Waals surface area contributed by atoms with Gasteiger partial charge in [0.25, 0.3) is 0 Å². The Morgan fingerprint density at radius 3 is 2.71 bits per heavy atom. The summed E-state index contributed by atoms with van der Waals surface area (Å²) < 4.78 is 11.7. The average Bonchev–Trinajstić information content (AvgIpc) is 2.78. The number of ether oxygens (including phenoxy) is 2. The molecule has 3 rings (SSSR count). The van der Waals surface area contributed by atoms with E-state index in [0.717, 1.165) is 25.8 Å². The lowest BCUT2D eigenvalue weighted by Gasteiger charge is -2.53. The summed E-state index contributed by atoms with van der Waals surface area (Å²) in [6.45, 7) is 6.47. The first-order valence-corrected chi connectivity index (χ1v) is 6.65. The minimum Gasteiger partial charge on any atom is -0.356 e. The molecule has 0 aromatic carbocycles. The number of fused-ring (bicyclic) bond motifs is 1. The highest BCUT2D eigenvalue weighted by Gasteiger charge is 2.58. The molecule has 2 heterocycles. The van der Waals surface area contributed by atoms with E-state index < -0.39 is 5.79 Å². The molecule has 4 nitrogen and oxygen atoms in total. The van der Waals surface area contributed by atoms with Gasteiger partial charge in [-0.05, 0) is 18.8 Å². The number of nitrogens with one attached hydrogen (secondary N) is 1. The Balaban J connectivity index is 1.90. The van der Waals surface area contributed by atoms with E-state index in [4.69, 9.17) is 9.47 Å². The van der Waals surface area contributed by atoms with Gasteiger partial charge in [0.1, 0.15) is 0 Å². The number of piperidine rings is 1. The Kier molecular flexibility index (Phi) is 2.49. The Hall–Kier alpha value is -0.610. The molecule has 3 atom stereocenters. The summed E-state index contributed by atoms with van der Waals surface area (Å²) in [6.07, 6.45) is 2.75. The van der Waals surface area contributed by atoms with Crippen LogP contribution in [-0.4, -0.2) is 31.5 Å². The van der Waals surface area contributed by atoms with Crippen molar-refractivity contribution in [2.75, 3.05) is 19.8 Å². The average molecular weight is 239 g/mol. The Bertz CT molecular complexity index is 338. The molecular weight excluding hydrogens is 218 g/mol. The van der Waals surface area contributed by atoms with Gasteiger partial charge in [0.05, 0.1) is 13.2 Å². The van der Waals surface area contributed by atoms with Gasteiger partial charge in [0, 0.05) is 24.3 Å². The molecule has 3 aliphatic rings. The zero-order valence-electron chi connectivity index (χ0n) is 10.6. The fourth-order valence-corrected chi connectivity index (χ4v) is 3.98. The van der Waals surface area contributed by atoms with Crippen LogP contribution in [-0.2, 0) is 14.3 Å². The third-order valence-electron chi connectivity index (χ3n) is 5.14. The minimum absolute atomic E-state index is 0.216. The SMILES string of the molecule is CC1C2CCNC(=O)C2(C)CCC12OCCO2. The molecule has 17 heavy (non-hydrogen) atoms. The maximum atomic E-state index is 12.1. The molecular formula is C13H21NO3. The van der Waals surface area contributed by atoms with Gasteiger partial charge >= 0.3 is 0 Å². The van der Waals surface area contributed by atoms with E-state index in [1.807, 2.05) is 0 Å². The molecule has 1 aliphatic carbocycles. The van der Waals surface area contributed by atoms with E-state index in [0.29, 0.717) is 25.0 Å². The molecule has 1 N–H and O–H groups in total. The lowest BCUT2D eigenvalue weighted by Crippen LogP contribution is -2.60. The van der Waals surface area contributed by atoms with Crippen molar-refractivity contribution in [3.05, 3.63) is 0 Å². The third kappa shape index (κ3) is 1.47. The number of carbonyl (C=O) groups excluding carboxylic acids is 1. The van der Waals surface area contributed by atoms with Crippen LogP contribution in [0.5, 0.6) is 0 Å². The molecule has 0 bridgehead atoms. The van der Waals surface area contributed by atoms with Crippen LogP contribution in [0, 0.1) is 17.3 Å². The quantitative estimate of drug-likeness (QED) is 0.693. The zero-order chi connectivity index (χ0) is 12.1. The molecule has 0 radical (unpaired) electrons. The zero-order valence-corrected chi connectivity index (χ0v) is 10.6. The normalized spacial score (nSPS) is 44.5. The Morgan fingerprint density at radius 1 is 1.29 bits per heavy atom. The Morgan fingerprint density at radius 2 is 2.00 bits per heavy atom. The predicted molar refractivity (Wildman–Crippen MR) is 62.3 cm³/mol. The maximum Gasteiger partial charge on any atom is 0.226 e. The van der Waals surface area contributed by atoms with Crippen LogP contribution in [0.1, 0.15) is 33.1 Å². The molecule has 2 aliphatic heterocycles. The van der Waals surface area contributed by atoms with Crippen molar-refractivity contribution in [3.8, 4) is 0 Å². The lowest BCUT2D eigenvalue weighted by molar-refractivity contribution is -0.242. The molecule has 2 saturated heterocycles. The van der Waals surface area contributed by atoms with E-state index >= 15 is 0 Å². The maximum absolute atomic E-state index is 12.1. The van der Waals surface area contributed by atoms with Gasteiger partial charge in [-0.2, -0.15) is 0 Å². The molecule has 3 fully saturated rings. The number of amides is 1. The summed E-state index contributed by atoms with van der Waals surface area (Å²) in [5, 5.41) is 3.00. The number of hydrogen-bond acceptors (Lipinski definition) is 3. The first-order valence-electron chi connectivity index (χ1n) is 6.65. The van der Waals surface area contributed by atoms with Crippen LogP contribution in [0.3, 0.4) is 0 Å². The van der Waals surface area contributed by atoms with E-state index in [1.54, 1.807) is 0 Å². The van der Waals surface area contributed by atoms with Gasteiger partial charge in [-0.3, -0.25) is 4.79 Å². The second-order valence-electron chi connectivity index (χ2n) is 5.87. The first-order chi connectivity index (χ1) is 8.08. The fourth-order valence-electron chi connectivity index (χ4n) is 3.98. The van der Waals surface area contributed by atoms with Gasteiger partial charge in [-0.15, -0.1) is 0 Å². The fraction of sp³-hybridized carbons (Fsp3) is 0.923. The molecule has 96 valence electrons. The van der Waals surface area contributed by atoms with Crippen molar-refractivity contribution in [2.45, 2.75) is 38.9 Å². The van der Waals surface area contributed by atoms with Gasteiger partial charge in [-0.1, -0.05) is 13.8 Å². The second kappa shape index (κ2) is 3.69. The van der Waals surface area contributed by atoms with Crippen LogP contribution >= 0.6 is 0 Å². The van der Waals surface area contributed by atoms with Crippen LogP contribution < -0.4 is 5.32 Å². The van der Waals surface area contributed by atoms with Gasteiger partial charge in [0.2, 0.25) is 5.91 Å². The van der Waals surface area contributed by atoms with Crippen LogP contribution in [0.15, 0.2) is 0 Å². The van der Waals surface area contributed by atoms with Gasteiger partial charge in [0.15, 0.2) is 5.79 Å². The second-order valence-corrected chi connectivity index (χ2v) is 5.87. The van der Waals surface area contributed by atoms with E-state index in [2.05, 4.69) is 19.2 Å². The Labute approximate surface area is 102 Å². The summed E-state index contributed by atoms with van der Waals surface area (Å²) in [4.78, 5) is 12.1. The summed E-state index contributed by atoms with van der Waals surface area (Å²) >= 11 is 0. The van der Waals surface area contributed by atoms with Crippen LogP contribution in [0.25, 0.3) is 0 Å². The van der Waals surface area contributed by atoms with Crippen molar-refractivity contribution >= 4 is 5.91 Å². The van der Waals surface area contributed by atoms with E-state index in [1.165, 1.54) is 0 Å². The smallest absolute Gasteiger partial charge is 0.226 e. The predicted octanol–water partition coefficient (Wildman–Crippen LogP) is 1.30. The third-order valence-corrected chi connectivity index (χ3v) is 5.14. The molecule has 1 spiro atoms. The van der Waals surface area contributed by atoms with Crippen LogP contribution in [0.4, 0.5) is 0 Å². The summed E-state index contributed by atoms with van der Waals surface area (Å²) in [7, 11) is 0. The number of hydrogen-bond donors (Lipinski definition) is 1. The largest absolute Gasteiger partial charge is 0.356 e. The minimum atomic E-state index is -0.401. The van der Waals surface area contributed by atoms with Crippen molar-refractivity contribution in [2.24, 2.45) is 17.3 Å². The summed E-state index contributed by atoms with van der Waals surface area (Å²) in [5.74, 6) is 0.494. The molecule has 4 heteroatoms. The monoisotopic (exact) mass is 239 g/mol. The highest BCUT2D eigenvalue weighted by atomic mass is 16.7. The van der Waals surface area contributed by atoms with Crippen molar-refractivity contribution in [3.63, 3.8) is 0 Å².